The zero-order chi connectivity index (χ0) is 17.3. The number of rotatable bonds is 4. The van der Waals surface area contributed by atoms with Crippen LogP contribution in [-0.2, 0) is 16.8 Å². The molecule has 0 saturated heterocycles. The number of anilines is 1. The van der Waals surface area contributed by atoms with Gasteiger partial charge >= 0.3 is 0 Å². The highest BCUT2D eigenvalue weighted by molar-refractivity contribution is 5.91. The van der Waals surface area contributed by atoms with E-state index in [1.807, 2.05) is 17.7 Å². The standard InChI is InChI=1S/C18H25N4O2/c1-12-9-14(24-21-12)10-17(23)19-16-11-15(13-7-5-6-8-13)20-22(16)18(2,3)4/h5,9,11,13H,6-8,10H2,1-4H3,(H,19,23)/t13-/m0/s1. The van der Waals surface area contributed by atoms with Crippen molar-refractivity contribution in [3.05, 3.63) is 35.7 Å². The van der Waals surface area contributed by atoms with Gasteiger partial charge in [0, 0.05) is 18.1 Å². The van der Waals surface area contributed by atoms with Crippen LogP contribution in [0.3, 0.4) is 0 Å². The van der Waals surface area contributed by atoms with Crippen LogP contribution in [0.25, 0.3) is 0 Å². The first-order chi connectivity index (χ1) is 11.3. The fraction of sp³-hybridized carbons (Fsp3) is 0.556. The molecule has 0 aliphatic heterocycles. The van der Waals surface area contributed by atoms with Gasteiger partial charge in [0.1, 0.15) is 11.6 Å². The summed E-state index contributed by atoms with van der Waals surface area (Å²) in [5.41, 5.74) is 1.63. The maximum Gasteiger partial charge on any atom is 0.233 e. The van der Waals surface area contributed by atoms with Crippen LogP contribution in [0.15, 0.2) is 16.7 Å². The molecule has 6 nitrogen and oxygen atoms in total. The largest absolute Gasteiger partial charge is 0.361 e. The summed E-state index contributed by atoms with van der Waals surface area (Å²) in [6.07, 6.45) is 5.81. The van der Waals surface area contributed by atoms with Gasteiger partial charge in [-0.15, -0.1) is 0 Å². The summed E-state index contributed by atoms with van der Waals surface area (Å²) in [6.45, 7) is 8.09. The minimum absolute atomic E-state index is 0.124. The van der Waals surface area contributed by atoms with Gasteiger partial charge in [0.25, 0.3) is 0 Å². The molecule has 24 heavy (non-hydrogen) atoms. The molecule has 0 bridgehead atoms. The predicted molar refractivity (Wildman–Crippen MR) is 91.7 cm³/mol. The van der Waals surface area contributed by atoms with E-state index in [-0.39, 0.29) is 17.9 Å². The van der Waals surface area contributed by atoms with Gasteiger partial charge in [-0.2, -0.15) is 5.10 Å². The number of carbonyl (C=O) groups is 1. The Balaban J connectivity index is 1.78. The molecule has 2 aromatic rings. The molecule has 3 rings (SSSR count). The molecule has 2 aromatic heterocycles. The normalized spacial score (nSPS) is 15.8. The first-order valence-corrected chi connectivity index (χ1v) is 8.47. The van der Waals surface area contributed by atoms with Gasteiger partial charge in [-0.25, -0.2) is 4.68 Å². The summed E-state index contributed by atoms with van der Waals surface area (Å²) in [5.74, 6) is 1.64. The van der Waals surface area contributed by atoms with Gasteiger partial charge in [0.2, 0.25) is 5.91 Å². The molecule has 1 N–H and O–H groups in total. The minimum Gasteiger partial charge on any atom is -0.361 e. The number of hydrogen-bond acceptors (Lipinski definition) is 4. The van der Waals surface area contributed by atoms with Gasteiger partial charge < -0.3 is 9.84 Å². The lowest BCUT2D eigenvalue weighted by Crippen LogP contribution is -2.27. The van der Waals surface area contributed by atoms with E-state index >= 15 is 0 Å². The SMILES string of the molecule is Cc1cc(CC(=O)Nc2cc([C@H]3C[CH]CC3)nn2C(C)(C)C)on1. The summed E-state index contributed by atoms with van der Waals surface area (Å²) in [4.78, 5) is 12.4. The molecule has 1 atom stereocenters. The monoisotopic (exact) mass is 329 g/mol. The second-order valence-corrected chi connectivity index (χ2v) is 7.50. The number of amides is 1. The van der Waals surface area contributed by atoms with Crippen LogP contribution in [0.1, 0.15) is 63.1 Å². The highest BCUT2D eigenvalue weighted by atomic mass is 16.5. The number of nitrogens with zero attached hydrogens (tertiary/aromatic N) is 3. The molecule has 0 spiro atoms. The molecule has 1 radical (unpaired) electrons. The van der Waals surface area contributed by atoms with Crippen LogP contribution in [0.2, 0.25) is 0 Å². The van der Waals surface area contributed by atoms with Crippen molar-refractivity contribution in [2.45, 2.75) is 64.8 Å². The third-order valence-electron chi connectivity index (χ3n) is 4.23. The van der Waals surface area contributed by atoms with E-state index in [1.54, 1.807) is 6.07 Å². The zero-order valence-electron chi connectivity index (χ0n) is 14.8. The average Bonchev–Trinajstić information content (AvgIpc) is 3.18. The first kappa shape index (κ1) is 16.7. The maximum absolute atomic E-state index is 12.4. The quantitative estimate of drug-likeness (QED) is 0.930. The Morgan fingerprint density at radius 2 is 2.21 bits per heavy atom. The lowest BCUT2D eigenvalue weighted by Gasteiger charge is -2.22. The molecule has 0 aromatic carbocycles. The van der Waals surface area contributed by atoms with Crippen LogP contribution in [-0.4, -0.2) is 20.8 Å². The van der Waals surface area contributed by atoms with E-state index in [4.69, 9.17) is 9.62 Å². The average molecular weight is 329 g/mol. The van der Waals surface area contributed by atoms with Gasteiger partial charge in [0.05, 0.1) is 23.3 Å². The molecule has 0 unspecified atom stereocenters. The van der Waals surface area contributed by atoms with Crippen molar-refractivity contribution in [2.24, 2.45) is 0 Å². The molecule has 1 amide bonds. The molecular formula is C18H25N4O2. The smallest absolute Gasteiger partial charge is 0.233 e. The minimum atomic E-state index is -0.202. The number of aryl methyl sites for hydroxylation is 1. The van der Waals surface area contributed by atoms with Crippen molar-refractivity contribution in [2.75, 3.05) is 5.32 Å². The van der Waals surface area contributed by atoms with Crippen LogP contribution in [0.4, 0.5) is 5.82 Å². The molecule has 129 valence electrons. The Hall–Kier alpha value is -2.11. The van der Waals surface area contributed by atoms with E-state index in [1.165, 1.54) is 0 Å². The molecule has 6 heteroatoms. The van der Waals surface area contributed by atoms with Crippen LogP contribution in [0, 0.1) is 13.3 Å². The van der Waals surface area contributed by atoms with Gasteiger partial charge in [-0.05, 0) is 53.4 Å². The van der Waals surface area contributed by atoms with E-state index in [0.29, 0.717) is 11.7 Å². The Kier molecular flexibility index (Phi) is 4.47. The first-order valence-electron chi connectivity index (χ1n) is 8.47. The predicted octanol–water partition coefficient (Wildman–Crippen LogP) is 3.59. The third kappa shape index (κ3) is 3.68. The van der Waals surface area contributed by atoms with Crippen molar-refractivity contribution >= 4 is 11.7 Å². The summed E-state index contributed by atoms with van der Waals surface area (Å²) in [7, 11) is 0. The molecule has 1 fully saturated rings. The molecule has 1 aliphatic rings. The topological polar surface area (TPSA) is 73.0 Å². The Bertz CT molecular complexity index is 718. The third-order valence-corrected chi connectivity index (χ3v) is 4.23. The number of nitrogens with one attached hydrogen (secondary N) is 1. The van der Waals surface area contributed by atoms with Crippen LogP contribution < -0.4 is 5.32 Å². The Morgan fingerprint density at radius 3 is 2.79 bits per heavy atom. The van der Waals surface area contributed by atoms with Crippen molar-refractivity contribution < 1.29 is 9.32 Å². The highest BCUT2D eigenvalue weighted by Crippen LogP contribution is 2.35. The number of carbonyl (C=O) groups excluding carboxylic acids is 1. The number of hydrogen-bond donors (Lipinski definition) is 1. The second kappa shape index (κ2) is 6.42. The Morgan fingerprint density at radius 1 is 1.42 bits per heavy atom. The zero-order valence-corrected chi connectivity index (χ0v) is 14.8. The second-order valence-electron chi connectivity index (χ2n) is 7.50. The lowest BCUT2D eigenvalue weighted by atomic mass is 10.0. The maximum atomic E-state index is 12.4. The van der Waals surface area contributed by atoms with Crippen molar-refractivity contribution in [3.8, 4) is 0 Å². The van der Waals surface area contributed by atoms with Gasteiger partial charge in [0.15, 0.2) is 0 Å². The van der Waals surface area contributed by atoms with Crippen molar-refractivity contribution in [1.82, 2.24) is 14.9 Å². The van der Waals surface area contributed by atoms with E-state index in [2.05, 4.69) is 37.7 Å². The van der Waals surface area contributed by atoms with Crippen LogP contribution >= 0.6 is 0 Å². The molecule has 1 saturated carbocycles. The highest BCUT2D eigenvalue weighted by Gasteiger charge is 2.26. The fourth-order valence-corrected chi connectivity index (χ4v) is 3.07. The number of aromatic nitrogens is 3. The molecular weight excluding hydrogens is 304 g/mol. The van der Waals surface area contributed by atoms with E-state index in [0.717, 1.165) is 36.5 Å². The molecule has 1 aliphatic carbocycles. The van der Waals surface area contributed by atoms with E-state index in [9.17, 15) is 4.79 Å². The summed E-state index contributed by atoms with van der Waals surface area (Å²) < 4.78 is 7.03. The van der Waals surface area contributed by atoms with Gasteiger partial charge in [-0.1, -0.05) is 5.16 Å². The van der Waals surface area contributed by atoms with Crippen LogP contribution in [0.5, 0.6) is 0 Å². The molecule has 2 heterocycles. The lowest BCUT2D eigenvalue weighted by molar-refractivity contribution is -0.115. The summed E-state index contributed by atoms with van der Waals surface area (Å²) >= 11 is 0. The fourth-order valence-electron chi connectivity index (χ4n) is 3.07. The van der Waals surface area contributed by atoms with Gasteiger partial charge in [-0.3, -0.25) is 4.79 Å². The Labute approximate surface area is 142 Å². The van der Waals surface area contributed by atoms with Crippen molar-refractivity contribution in [1.29, 1.82) is 0 Å². The van der Waals surface area contributed by atoms with E-state index < -0.39 is 0 Å². The summed E-state index contributed by atoms with van der Waals surface area (Å²) in [6, 6.07) is 3.79. The summed E-state index contributed by atoms with van der Waals surface area (Å²) in [5, 5.41) is 11.6. The van der Waals surface area contributed by atoms with Crippen molar-refractivity contribution in [3.63, 3.8) is 0 Å².